The van der Waals surface area contributed by atoms with Gasteiger partial charge in [-0.3, -0.25) is 0 Å². The van der Waals surface area contributed by atoms with Gasteiger partial charge in [-0.1, -0.05) is 57.1 Å². The molecule has 1 aliphatic rings. The van der Waals surface area contributed by atoms with Crippen LogP contribution in [0.3, 0.4) is 0 Å². The summed E-state index contributed by atoms with van der Waals surface area (Å²) in [6.45, 7) is 4.40. The van der Waals surface area contributed by atoms with Crippen LogP contribution in [-0.4, -0.2) is 0 Å². The van der Waals surface area contributed by atoms with Crippen molar-refractivity contribution in [1.29, 1.82) is 0 Å². The van der Waals surface area contributed by atoms with Crippen molar-refractivity contribution >= 4 is 0 Å². The van der Waals surface area contributed by atoms with Crippen molar-refractivity contribution in [3.05, 3.63) is 35.4 Å². The largest absolute Gasteiger partial charge is 0.0982 e. The Bertz CT molecular complexity index is 435. The monoisotopic (exact) mass is 268 g/mol. The average Bonchev–Trinajstić information content (AvgIpc) is 2.52. The van der Waals surface area contributed by atoms with Crippen molar-refractivity contribution in [2.45, 2.75) is 71.1 Å². The first kappa shape index (κ1) is 15.2. The molecule has 0 saturated heterocycles. The highest BCUT2D eigenvalue weighted by molar-refractivity contribution is 5.37. The van der Waals surface area contributed by atoms with Crippen molar-refractivity contribution < 1.29 is 0 Å². The van der Waals surface area contributed by atoms with E-state index < -0.39 is 0 Å². The molecule has 1 aromatic carbocycles. The van der Waals surface area contributed by atoms with E-state index in [1.54, 1.807) is 0 Å². The zero-order valence-corrected chi connectivity index (χ0v) is 13.1. The first-order valence-corrected chi connectivity index (χ1v) is 8.42. The quantitative estimate of drug-likeness (QED) is 0.595. The Morgan fingerprint density at radius 3 is 2.30 bits per heavy atom. The maximum absolute atomic E-state index is 3.20. The molecular formula is C20H28. The fraction of sp³-hybridized carbons (Fsp3) is 0.600. The van der Waals surface area contributed by atoms with Crippen LogP contribution in [0.1, 0.15) is 82.3 Å². The van der Waals surface area contributed by atoms with E-state index in [4.69, 9.17) is 0 Å². The molecule has 0 amide bonds. The van der Waals surface area contributed by atoms with Gasteiger partial charge in [-0.25, -0.2) is 0 Å². The number of hydrogen-bond donors (Lipinski definition) is 0. The number of hydrogen-bond acceptors (Lipinski definition) is 0. The van der Waals surface area contributed by atoms with E-state index in [0.29, 0.717) is 0 Å². The van der Waals surface area contributed by atoms with Crippen LogP contribution in [-0.2, 0) is 0 Å². The third-order valence-corrected chi connectivity index (χ3v) is 4.60. The second-order valence-corrected chi connectivity index (χ2v) is 6.14. The Balaban J connectivity index is 1.87. The topological polar surface area (TPSA) is 0 Å². The maximum Gasteiger partial charge on any atom is 0.0245 e. The van der Waals surface area contributed by atoms with Crippen LogP contribution in [0.15, 0.2) is 24.3 Å². The third kappa shape index (κ3) is 4.41. The van der Waals surface area contributed by atoms with Crippen LogP contribution in [0.25, 0.3) is 0 Å². The summed E-state index contributed by atoms with van der Waals surface area (Å²) in [7, 11) is 0. The summed E-state index contributed by atoms with van der Waals surface area (Å²) in [6, 6.07) is 9.00. The summed E-state index contributed by atoms with van der Waals surface area (Å²) in [5.41, 5.74) is 2.69. The third-order valence-electron chi connectivity index (χ3n) is 4.60. The number of benzene rings is 1. The summed E-state index contributed by atoms with van der Waals surface area (Å²) in [5, 5.41) is 0. The van der Waals surface area contributed by atoms with E-state index in [1.807, 2.05) is 0 Å². The fourth-order valence-electron chi connectivity index (χ4n) is 3.31. The highest BCUT2D eigenvalue weighted by atomic mass is 14.3. The SMILES string of the molecule is CCC#Cc1ccc([C@H]2CC[C@H](CCCC)CC2)cc1. The van der Waals surface area contributed by atoms with Crippen molar-refractivity contribution in [1.82, 2.24) is 0 Å². The molecule has 0 nitrogen and oxygen atoms in total. The van der Waals surface area contributed by atoms with E-state index in [2.05, 4.69) is 50.0 Å². The Kier molecular flexibility index (Phi) is 6.19. The van der Waals surface area contributed by atoms with Crippen LogP contribution >= 0.6 is 0 Å². The molecule has 1 aliphatic carbocycles. The lowest BCUT2D eigenvalue weighted by molar-refractivity contribution is 0.304. The molecule has 0 radical (unpaired) electrons. The fourth-order valence-corrected chi connectivity index (χ4v) is 3.31. The van der Waals surface area contributed by atoms with Gasteiger partial charge in [0.1, 0.15) is 0 Å². The molecule has 1 saturated carbocycles. The maximum atomic E-state index is 3.20. The second-order valence-electron chi connectivity index (χ2n) is 6.14. The Morgan fingerprint density at radius 2 is 1.70 bits per heavy atom. The molecule has 0 spiro atoms. The summed E-state index contributed by atoms with van der Waals surface area (Å²) < 4.78 is 0. The lowest BCUT2D eigenvalue weighted by atomic mass is 9.77. The minimum absolute atomic E-state index is 0.793. The molecule has 1 aromatic rings. The average molecular weight is 268 g/mol. The van der Waals surface area contributed by atoms with Crippen LogP contribution in [0.2, 0.25) is 0 Å². The molecule has 0 bridgehead atoms. The van der Waals surface area contributed by atoms with Gasteiger partial charge in [0, 0.05) is 12.0 Å². The van der Waals surface area contributed by atoms with Gasteiger partial charge >= 0.3 is 0 Å². The van der Waals surface area contributed by atoms with E-state index in [1.165, 1.54) is 50.5 Å². The zero-order valence-electron chi connectivity index (χ0n) is 13.1. The predicted molar refractivity (Wildman–Crippen MR) is 87.8 cm³/mol. The van der Waals surface area contributed by atoms with Gasteiger partial charge in [-0.2, -0.15) is 0 Å². The molecule has 108 valence electrons. The smallest absolute Gasteiger partial charge is 0.0245 e. The van der Waals surface area contributed by atoms with E-state index >= 15 is 0 Å². The molecule has 0 unspecified atom stereocenters. The van der Waals surface area contributed by atoms with Crippen molar-refractivity contribution in [3.8, 4) is 11.8 Å². The predicted octanol–water partition coefficient (Wildman–Crippen LogP) is 5.91. The Hall–Kier alpha value is -1.22. The highest BCUT2D eigenvalue weighted by Crippen LogP contribution is 2.37. The standard InChI is InChI=1S/C20H28/c1-3-5-7-17-9-13-19(14-10-17)20-15-11-18(12-16-20)8-6-4-2/h11-12,15-17,19H,3-5,7,9-10,13-14H2,1-2H3/t17-,19-. The van der Waals surface area contributed by atoms with E-state index in [-0.39, 0.29) is 0 Å². The molecular weight excluding hydrogens is 240 g/mol. The first-order valence-electron chi connectivity index (χ1n) is 8.42. The van der Waals surface area contributed by atoms with Gasteiger partial charge in [0.15, 0.2) is 0 Å². The lowest BCUT2D eigenvalue weighted by Gasteiger charge is -2.28. The highest BCUT2D eigenvalue weighted by Gasteiger charge is 2.21. The molecule has 0 aromatic heterocycles. The number of rotatable bonds is 4. The van der Waals surface area contributed by atoms with Crippen molar-refractivity contribution in [2.75, 3.05) is 0 Å². The Morgan fingerprint density at radius 1 is 1.00 bits per heavy atom. The first-order chi connectivity index (χ1) is 9.83. The molecule has 2 rings (SSSR count). The van der Waals surface area contributed by atoms with Gasteiger partial charge < -0.3 is 0 Å². The van der Waals surface area contributed by atoms with Gasteiger partial charge in [-0.15, -0.1) is 0 Å². The van der Waals surface area contributed by atoms with Crippen LogP contribution in [0.4, 0.5) is 0 Å². The zero-order chi connectivity index (χ0) is 14.2. The molecule has 0 heteroatoms. The minimum Gasteiger partial charge on any atom is -0.0982 e. The minimum atomic E-state index is 0.793. The van der Waals surface area contributed by atoms with Crippen molar-refractivity contribution in [2.24, 2.45) is 5.92 Å². The van der Waals surface area contributed by atoms with Gasteiger partial charge in [0.05, 0.1) is 0 Å². The van der Waals surface area contributed by atoms with Crippen molar-refractivity contribution in [3.63, 3.8) is 0 Å². The molecule has 20 heavy (non-hydrogen) atoms. The second kappa shape index (κ2) is 8.15. The molecule has 0 N–H and O–H groups in total. The Labute approximate surface area is 125 Å². The summed E-state index contributed by atoms with van der Waals surface area (Å²) in [4.78, 5) is 0. The van der Waals surface area contributed by atoms with Crippen LogP contribution in [0, 0.1) is 17.8 Å². The van der Waals surface area contributed by atoms with Gasteiger partial charge in [-0.05, 0) is 55.2 Å². The normalized spacial score (nSPS) is 22.1. The van der Waals surface area contributed by atoms with Crippen LogP contribution < -0.4 is 0 Å². The molecule has 0 atom stereocenters. The van der Waals surface area contributed by atoms with Gasteiger partial charge in [0.25, 0.3) is 0 Å². The van der Waals surface area contributed by atoms with E-state index in [0.717, 1.165) is 23.8 Å². The van der Waals surface area contributed by atoms with Gasteiger partial charge in [0.2, 0.25) is 0 Å². The molecule has 0 heterocycles. The van der Waals surface area contributed by atoms with Crippen LogP contribution in [0.5, 0.6) is 0 Å². The lowest BCUT2D eigenvalue weighted by Crippen LogP contribution is -2.13. The number of unbranched alkanes of at least 4 members (excludes halogenated alkanes) is 1. The molecule has 0 aliphatic heterocycles. The summed E-state index contributed by atoms with van der Waals surface area (Å²) in [6.07, 6.45) is 10.8. The molecule has 1 fully saturated rings. The van der Waals surface area contributed by atoms with E-state index in [9.17, 15) is 0 Å². The summed E-state index contributed by atoms with van der Waals surface area (Å²) >= 11 is 0. The summed E-state index contributed by atoms with van der Waals surface area (Å²) in [5.74, 6) is 8.14.